The number of methoxy groups -OCH3 is 1. The first-order valence-electron chi connectivity index (χ1n) is 25.4. The van der Waals surface area contributed by atoms with Crippen molar-refractivity contribution in [2.45, 2.75) is 101 Å². The van der Waals surface area contributed by atoms with Crippen LogP contribution in [0.15, 0.2) is 69.7 Å². The number of anilines is 2. The van der Waals surface area contributed by atoms with E-state index in [-0.39, 0.29) is 46.5 Å². The number of thiazole rings is 2. The molecular weight excluding hydrogens is 1120 g/mol. The summed E-state index contributed by atoms with van der Waals surface area (Å²) < 4.78 is 59.7. The summed E-state index contributed by atoms with van der Waals surface area (Å²) in [4.78, 5) is 36.8. The van der Waals surface area contributed by atoms with Gasteiger partial charge in [-0.1, -0.05) is 91.5 Å². The van der Waals surface area contributed by atoms with Crippen LogP contribution in [0.25, 0.3) is 42.9 Å². The lowest BCUT2D eigenvalue weighted by atomic mass is 10.0. The van der Waals surface area contributed by atoms with E-state index in [4.69, 9.17) is 69.7 Å². The average molecular weight is 1160 g/mol. The van der Waals surface area contributed by atoms with Gasteiger partial charge in [-0.25, -0.2) is 28.3 Å². The van der Waals surface area contributed by atoms with E-state index in [9.17, 15) is 23.5 Å². The number of benzene rings is 4. The van der Waals surface area contributed by atoms with Gasteiger partial charge in [-0.2, -0.15) is 0 Å². The highest BCUT2D eigenvalue weighted by atomic mass is 35.5. The second-order valence-electron chi connectivity index (χ2n) is 20.7. The summed E-state index contributed by atoms with van der Waals surface area (Å²) in [6.07, 6.45) is 8.06. The maximum atomic E-state index is 14.7. The Labute approximate surface area is 467 Å². The highest BCUT2D eigenvalue weighted by Gasteiger charge is 2.48. The van der Waals surface area contributed by atoms with Crippen molar-refractivity contribution in [1.29, 1.82) is 0 Å². The van der Waals surface area contributed by atoms with E-state index >= 15 is 0 Å². The molecule has 6 atom stereocenters. The molecule has 4 aromatic carbocycles. The van der Waals surface area contributed by atoms with Crippen molar-refractivity contribution in [3.63, 3.8) is 0 Å². The van der Waals surface area contributed by atoms with Crippen LogP contribution >= 0.6 is 69.1 Å². The topological polar surface area (TPSA) is 166 Å². The highest BCUT2D eigenvalue weighted by molar-refractivity contribution is 7.22. The second kappa shape index (κ2) is 20.3. The molecule has 1 N–H and O–H groups in total. The number of nitrogens with zero attached hydrogens (tertiary/aromatic N) is 6. The number of piperidine rings is 2. The van der Waals surface area contributed by atoms with Crippen LogP contribution in [-0.4, -0.2) is 81.8 Å². The number of carboxylic acids is 1. The fourth-order valence-corrected chi connectivity index (χ4v) is 15.1. The Bertz CT molecular complexity index is 3620. The molecule has 8 aromatic rings. The Kier molecular flexibility index (Phi) is 13.5. The lowest BCUT2D eigenvalue weighted by Gasteiger charge is -2.31. The van der Waals surface area contributed by atoms with Gasteiger partial charge in [-0.15, -0.1) is 0 Å². The van der Waals surface area contributed by atoms with E-state index in [2.05, 4.69) is 30.1 Å². The summed E-state index contributed by atoms with van der Waals surface area (Å²) in [6, 6.07) is 16.6. The molecule has 4 aromatic heterocycles. The number of esters is 1. The van der Waals surface area contributed by atoms with Crippen molar-refractivity contribution in [2.75, 3.05) is 30.0 Å². The van der Waals surface area contributed by atoms with Crippen LogP contribution in [0.3, 0.4) is 0 Å². The SMILES string of the molecule is COC(=O)c1cc(F)c2nc(N3CC4CC3CC4OCc3c(-c4c(Cl)cccc4Cl)noc3C3CC3)sc2c1.O=C(O)c1cc(F)c2nc(N3CC4CC3CC4OCc3c(-c4c(Cl)cccc4Cl)noc3C3CC3)sc2c1. The van der Waals surface area contributed by atoms with Crippen LogP contribution in [0, 0.1) is 23.5 Å². The molecule has 0 spiro atoms. The van der Waals surface area contributed by atoms with Crippen LogP contribution < -0.4 is 9.80 Å². The lowest BCUT2D eigenvalue weighted by molar-refractivity contribution is 0.0122. The van der Waals surface area contributed by atoms with Gasteiger partial charge in [0.15, 0.2) is 21.9 Å². The zero-order chi connectivity index (χ0) is 53.0. The molecule has 6 heterocycles. The van der Waals surface area contributed by atoms with Crippen molar-refractivity contribution in [3.8, 4) is 22.5 Å². The molecule has 6 unspecified atom stereocenters. The largest absolute Gasteiger partial charge is 0.478 e. The Morgan fingerprint density at radius 2 is 1.09 bits per heavy atom. The molecule has 22 heteroatoms. The van der Waals surface area contributed by atoms with Crippen molar-refractivity contribution >= 4 is 112 Å². The van der Waals surface area contributed by atoms with Crippen LogP contribution in [-0.2, 0) is 27.4 Å². The molecule has 0 amide bonds. The number of rotatable bonds is 14. The minimum absolute atomic E-state index is 0.0671. The Balaban J connectivity index is 0.000000147. The predicted molar refractivity (Wildman–Crippen MR) is 290 cm³/mol. The van der Waals surface area contributed by atoms with Gasteiger partial charge >= 0.3 is 11.9 Å². The van der Waals surface area contributed by atoms with Gasteiger partial charge in [0.2, 0.25) is 0 Å². The molecule has 14 rings (SSSR count). The summed E-state index contributed by atoms with van der Waals surface area (Å²) in [7, 11) is 1.28. The van der Waals surface area contributed by atoms with E-state index in [1.807, 2.05) is 6.07 Å². The van der Waals surface area contributed by atoms with Crippen molar-refractivity contribution in [2.24, 2.45) is 11.8 Å². The lowest BCUT2D eigenvalue weighted by Crippen LogP contribution is -2.38. The summed E-state index contributed by atoms with van der Waals surface area (Å²) in [5.74, 6) is 0.234. The third-order valence-electron chi connectivity index (χ3n) is 15.8. The van der Waals surface area contributed by atoms with Crippen molar-refractivity contribution in [3.05, 3.63) is 126 Å². The van der Waals surface area contributed by atoms with Gasteiger partial charge in [-0.3, -0.25) is 0 Å². The smallest absolute Gasteiger partial charge is 0.338 e. The van der Waals surface area contributed by atoms with E-state index in [1.54, 1.807) is 36.4 Å². The van der Waals surface area contributed by atoms with Crippen LogP contribution in [0.4, 0.5) is 19.0 Å². The molecule has 0 radical (unpaired) electrons. The van der Waals surface area contributed by atoms with Gasteiger partial charge in [0.1, 0.15) is 33.9 Å². The predicted octanol–water partition coefficient (Wildman–Crippen LogP) is 14.4. The third-order valence-corrected chi connectivity index (χ3v) is 19.1. The van der Waals surface area contributed by atoms with Gasteiger partial charge < -0.3 is 38.2 Å². The molecular formula is C55H46Cl4F2N6O8S2. The molecule has 6 fully saturated rings. The van der Waals surface area contributed by atoms with Crippen molar-refractivity contribution in [1.82, 2.24) is 20.3 Å². The van der Waals surface area contributed by atoms with E-state index in [0.29, 0.717) is 88.9 Å². The number of hydrogen-bond donors (Lipinski definition) is 1. The summed E-state index contributed by atoms with van der Waals surface area (Å²) in [5, 5.41) is 21.6. The monoisotopic (exact) mass is 1160 g/mol. The van der Waals surface area contributed by atoms with E-state index < -0.39 is 23.6 Å². The molecule has 4 bridgehead atoms. The van der Waals surface area contributed by atoms with Gasteiger partial charge in [-0.05, 0) is 99.9 Å². The fourth-order valence-electron chi connectivity index (χ4n) is 11.7. The average Bonchev–Trinajstić information content (AvgIpc) is 3.94. The maximum Gasteiger partial charge on any atom is 0.338 e. The molecule has 2 aliphatic heterocycles. The molecule has 14 nitrogen and oxygen atoms in total. The number of carbonyl (C=O) groups excluding carboxylic acids is 1. The highest BCUT2D eigenvalue weighted by Crippen LogP contribution is 2.51. The fraction of sp³-hybridized carbons (Fsp3) is 0.382. The van der Waals surface area contributed by atoms with Gasteiger partial charge in [0, 0.05) is 71.1 Å². The van der Waals surface area contributed by atoms with Gasteiger partial charge in [0.05, 0.1) is 73.1 Å². The Morgan fingerprint density at radius 3 is 1.48 bits per heavy atom. The van der Waals surface area contributed by atoms with Gasteiger partial charge in [0.25, 0.3) is 0 Å². The molecule has 4 saturated carbocycles. The number of hydrogen-bond acceptors (Lipinski definition) is 15. The zero-order valence-corrected chi connectivity index (χ0v) is 45.6. The van der Waals surface area contributed by atoms with E-state index in [0.717, 1.165) is 103 Å². The van der Waals surface area contributed by atoms with Crippen LogP contribution in [0.2, 0.25) is 20.1 Å². The number of ether oxygens (including phenoxy) is 3. The molecule has 4 aliphatic carbocycles. The second-order valence-corrected chi connectivity index (χ2v) is 24.3. The third kappa shape index (κ3) is 9.53. The normalized spacial score (nSPS) is 22.4. The number of aromatic carboxylic acids is 1. The number of carboxylic acid groups (broad SMARTS) is 1. The molecule has 6 aliphatic rings. The Morgan fingerprint density at radius 1 is 0.662 bits per heavy atom. The summed E-state index contributed by atoms with van der Waals surface area (Å²) >= 11 is 28.7. The molecule has 77 heavy (non-hydrogen) atoms. The first kappa shape index (κ1) is 51.0. The number of carbonyl (C=O) groups is 2. The minimum Gasteiger partial charge on any atom is -0.478 e. The number of halogens is 6. The van der Waals surface area contributed by atoms with Crippen molar-refractivity contribution < 1.29 is 46.7 Å². The first-order valence-corrected chi connectivity index (χ1v) is 28.6. The molecule has 398 valence electrons. The van der Waals surface area contributed by atoms with Crippen LogP contribution in [0.5, 0.6) is 0 Å². The Hall–Kier alpha value is -5.44. The summed E-state index contributed by atoms with van der Waals surface area (Å²) in [5.41, 5.74) is 5.09. The minimum atomic E-state index is -1.15. The summed E-state index contributed by atoms with van der Waals surface area (Å²) in [6.45, 7) is 2.28. The maximum absolute atomic E-state index is 14.7. The first-order chi connectivity index (χ1) is 37.3. The number of aromatic nitrogens is 4. The standard InChI is InChI=1S/C28H24Cl2FN3O4S.C27H22Cl2FN3O4S/c1-36-27(35)14-8-20(31)25-22(9-14)39-28(32-25)34-11-15-7-16(34)10-21(15)37-12-17-24(33-38-26(17)13-5-6-13)23-18(29)3-2-4-19(23)30;28-17-2-1-3-18(29)22(17)23-16(25(37-32-23)12-4-5-12)11-36-20-9-15-6-14(20)10-33(15)27-31-24-19(30)7-13(26(34)35)8-21(24)38-27/h2-4,8-9,13,15-16,21H,5-7,10-12H2,1H3;1-3,7-8,12,14-15,20H,4-6,9-11H2,(H,34,35). The van der Waals surface area contributed by atoms with Crippen LogP contribution in [0.1, 0.15) is 107 Å². The zero-order valence-electron chi connectivity index (χ0n) is 41.0. The quantitative estimate of drug-likeness (QED) is 0.102. The molecule has 2 saturated heterocycles. The van der Waals surface area contributed by atoms with E-state index in [1.165, 1.54) is 41.9 Å². The number of fused-ring (bicyclic) bond motifs is 6.